The van der Waals surface area contributed by atoms with E-state index in [9.17, 15) is 0 Å². The molecule has 0 atom stereocenters. The first-order valence-electron chi connectivity index (χ1n) is 16.2. The van der Waals surface area contributed by atoms with Crippen molar-refractivity contribution in [1.82, 2.24) is 9.55 Å². The molecule has 226 valence electrons. The zero-order valence-corrected chi connectivity index (χ0v) is 26.1. The minimum atomic E-state index is 0.820. The summed E-state index contributed by atoms with van der Waals surface area (Å²) in [6.07, 6.45) is 4.44. The predicted molar refractivity (Wildman–Crippen MR) is 198 cm³/mol. The molecule has 8 aromatic rings. The topological polar surface area (TPSA) is 27.1 Å². The van der Waals surface area contributed by atoms with Crippen LogP contribution >= 0.6 is 0 Å². The molecule has 1 aliphatic rings. The van der Waals surface area contributed by atoms with Gasteiger partial charge in [0.1, 0.15) is 17.3 Å². The Labute approximate surface area is 279 Å². The smallest absolute Gasteiger partial charge is 0.145 e. The van der Waals surface area contributed by atoms with Crippen molar-refractivity contribution >= 4 is 23.2 Å². The van der Waals surface area contributed by atoms with Crippen LogP contribution in [0.5, 0.6) is 11.5 Å². The first-order valence-corrected chi connectivity index (χ1v) is 16.2. The molecule has 48 heavy (non-hydrogen) atoms. The third-order valence-electron chi connectivity index (χ3n) is 9.07. The van der Waals surface area contributed by atoms with Crippen LogP contribution in [0.3, 0.4) is 0 Å². The quantitative estimate of drug-likeness (QED) is 0.198. The maximum atomic E-state index is 6.75. The summed E-state index contributed by atoms with van der Waals surface area (Å²) in [5, 5.41) is 0. The molecule has 3 heteroatoms. The van der Waals surface area contributed by atoms with E-state index < -0.39 is 0 Å². The molecular formula is C45H30N2O. The fraction of sp³-hybridized carbons (Fsp3) is 0. The van der Waals surface area contributed by atoms with Crippen molar-refractivity contribution in [3.63, 3.8) is 0 Å². The molecule has 1 aromatic heterocycles. The van der Waals surface area contributed by atoms with E-state index in [0.29, 0.717) is 0 Å². The Balaban J connectivity index is 1.22. The third kappa shape index (κ3) is 4.90. The molecule has 1 aliphatic heterocycles. The summed E-state index contributed by atoms with van der Waals surface area (Å²) < 4.78 is 9.00. The number of rotatable bonds is 3. The van der Waals surface area contributed by atoms with E-state index in [0.717, 1.165) is 84.1 Å². The van der Waals surface area contributed by atoms with Crippen molar-refractivity contribution in [3.05, 3.63) is 181 Å². The van der Waals surface area contributed by atoms with Crippen LogP contribution in [0.2, 0.25) is 0 Å². The maximum Gasteiger partial charge on any atom is 0.145 e. The summed E-state index contributed by atoms with van der Waals surface area (Å²) in [5.41, 5.74) is 13.0. The summed E-state index contributed by atoms with van der Waals surface area (Å²) in [6.45, 7) is 0. The summed E-state index contributed by atoms with van der Waals surface area (Å²) in [4.78, 5) is 5.20. The largest absolute Gasteiger partial charge is 0.456 e. The fourth-order valence-corrected chi connectivity index (χ4v) is 6.74. The lowest BCUT2D eigenvalue weighted by molar-refractivity contribution is 0.486. The minimum absolute atomic E-state index is 0.820. The van der Waals surface area contributed by atoms with Crippen LogP contribution < -0.4 is 4.74 Å². The van der Waals surface area contributed by atoms with Crippen molar-refractivity contribution in [1.29, 1.82) is 0 Å². The van der Waals surface area contributed by atoms with Crippen molar-refractivity contribution in [3.8, 4) is 62.0 Å². The molecule has 0 spiro atoms. The van der Waals surface area contributed by atoms with Gasteiger partial charge in [0.2, 0.25) is 0 Å². The Hall–Kier alpha value is -6.45. The van der Waals surface area contributed by atoms with E-state index >= 15 is 0 Å². The van der Waals surface area contributed by atoms with Gasteiger partial charge in [-0.05, 0) is 75.8 Å². The number of benzene rings is 7. The molecule has 0 saturated heterocycles. The van der Waals surface area contributed by atoms with Gasteiger partial charge in [-0.3, -0.25) is 4.57 Å². The SMILES string of the molecule is C1=Cc2ccc(-c3ccc4c(c3)nc(-c3ccccc3)n4-c3ccccc3)cc2-c2ccccc2Oc2ccccc2-c2ccccc21. The van der Waals surface area contributed by atoms with Crippen LogP contribution in [0.25, 0.3) is 73.6 Å². The van der Waals surface area contributed by atoms with E-state index in [-0.39, 0.29) is 0 Å². The van der Waals surface area contributed by atoms with Gasteiger partial charge < -0.3 is 4.74 Å². The van der Waals surface area contributed by atoms with Gasteiger partial charge in [-0.1, -0.05) is 140 Å². The van der Waals surface area contributed by atoms with Gasteiger partial charge in [0.15, 0.2) is 0 Å². The lowest BCUT2D eigenvalue weighted by atomic mass is 9.93. The van der Waals surface area contributed by atoms with E-state index in [4.69, 9.17) is 9.72 Å². The van der Waals surface area contributed by atoms with Crippen LogP contribution in [-0.4, -0.2) is 9.55 Å². The highest BCUT2D eigenvalue weighted by Gasteiger charge is 2.18. The number of imidazole rings is 1. The number of fused-ring (bicyclic) bond motifs is 7. The number of aromatic nitrogens is 2. The van der Waals surface area contributed by atoms with Gasteiger partial charge in [0.25, 0.3) is 0 Å². The van der Waals surface area contributed by atoms with E-state index in [1.54, 1.807) is 0 Å². The zero-order chi connectivity index (χ0) is 31.9. The first kappa shape index (κ1) is 27.8. The Morgan fingerprint density at radius 3 is 1.73 bits per heavy atom. The number of nitrogens with zero attached hydrogens (tertiary/aromatic N) is 2. The second-order valence-electron chi connectivity index (χ2n) is 12.0. The van der Waals surface area contributed by atoms with Gasteiger partial charge in [-0.25, -0.2) is 4.98 Å². The monoisotopic (exact) mass is 614 g/mol. The minimum Gasteiger partial charge on any atom is -0.456 e. The zero-order valence-electron chi connectivity index (χ0n) is 26.1. The molecule has 3 nitrogen and oxygen atoms in total. The molecule has 2 heterocycles. The molecule has 0 aliphatic carbocycles. The molecule has 0 radical (unpaired) electrons. The standard InChI is InChI=1S/C45H30N2O/c1-3-14-33(15-4-1)45-46-41-30-35(27-28-42(41)47(45)36-16-5-2-6-17-36)34-26-25-32-24-23-31-13-7-8-18-37(31)38-19-9-11-21-43(38)48-44-22-12-10-20-39(44)40(32)29-34/h1-30H. The Kier molecular flexibility index (Phi) is 6.80. The second-order valence-corrected chi connectivity index (χ2v) is 12.0. The van der Waals surface area contributed by atoms with Crippen LogP contribution in [0.4, 0.5) is 0 Å². The summed E-state index contributed by atoms with van der Waals surface area (Å²) in [6, 6.07) is 59.3. The van der Waals surface area contributed by atoms with Gasteiger partial charge >= 0.3 is 0 Å². The highest BCUT2D eigenvalue weighted by Crippen LogP contribution is 2.42. The summed E-state index contributed by atoms with van der Waals surface area (Å²) in [5.74, 6) is 2.58. The maximum absolute atomic E-state index is 6.75. The molecule has 9 rings (SSSR count). The van der Waals surface area contributed by atoms with Crippen LogP contribution in [0, 0.1) is 0 Å². The fourth-order valence-electron chi connectivity index (χ4n) is 6.74. The third-order valence-corrected chi connectivity index (χ3v) is 9.07. The number of hydrogen-bond donors (Lipinski definition) is 0. The number of para-hydroxylation sites is 3. The van der Waals surface area contributed by atoms with Gasteiger partial charge in [0, 0.05) is 22.4 Å². The Morgan fingerprint density at radius 1 is 0.417 bits per heavy atom. The summed E-state index contributed by atoms with van der Waals surface area (Å²) in [7, 11) is 0. The van der Waals surface area contributed by atoms with Gasteiger partial charge in [-0.15, -0.1) is 0 Å². The van der Waals surface area contributed by atoms with E-state index in [1.807, 2.05) is 24.3 Å². The van der Waals surface area contributed by atoms with E-state index in [1.165, 1.54) is 0 Å². The van der Waals surface area contributed by atoms with Crippen molar-refractivity contribution in [2.24, 2.45) is 0 Å². The van der Waals surface area contributed by atoms with Crippen molar-refractivity contribution < 1.29 is 4.74 Å². The van der Waals surface area contributed by atoms with Gasteiger partial charge in [0.05, 0.1) is 11.0 Å². The predicted octanol–water partition coefficient (Wildman–Crippen LogP) is 12.0. The van der Waals surface area contributed by atoms with Gasteiger partial charge in [-0.2, -0.15) is 0 Å². The molecule has 0 amide bonds. The molecule has 0 N–H and O–H groups in total. The number of ether oxygens (including phenoxy) is 1. The summed E-state index contributed by atoms with van der Waals surface area (Å²) >= 11 is 0. The lowest BCUT2D eigenvalue weighted by Gasteiger charge is -2.16. The van der Waals surface area contributed by atoms with Crippen molar-refractivity contribution in [2.75, 3.05) is 0 Å². The van der Waals surface area contributed by atoms with Crippen LogP contribution in [0.15, 0.2) is 170 Å². The average Bonchev–Trinajstić information content (AvgIpc) is 3.53. The van der Waals surface area contributed by atoms with Crippen LogP contribution in [-0.2, 0) is 0 Å². The average molecular weight is 615 g/mol. The van der Waals surface area contributed by atoms with Crippen LogP contribution in [0.1, 0.15) is 11.1 Å². The normalized spacial score (nSPS) is 11.8. The molecule has 7 aromatic carbocycles. The molecule has 0 unspecified atom stereocenters. The molecule has 0 bridgehead atoms. The van der Waals surface area contributed by atoms with Crippen molar-refractivity contribution in [2.45, 2.75) is 0 Å². The first-order chi connectivity index (χ1) is 23.8. The molecular weight excluding hydrogens is 585 g/mol. The van der Waals surface area contributed by atoms with E-state index in [2.05, 4.69) is 162 Å². The highest BCUT2D eigenvalue weighted by atomic mass is 16.5. The number of hydrogen-bond acceptors (Lipinski definition) is 2. The Bertz CT molecular complexity index is 2470. The second kappa shape index (κ2) is 11.7. The molecule has 0 saturated carbocycles. The highest BCUT2D eigenvalue weighted by molar-refractivity contribution is 5.92. The molecule has 0 fully saturated rings. The lowest BCUT2D eigenvalue weighted by Crippen LogP contribution is -1.97. The Morgan fingerprint density at radius 2 is 0.979 bits per heavy atom.